The molecule has 88 valence electrons. The summed E-state index contributed by atoms with van der Waals surface area (Å²) in [6.45, 7) is 2.61. The highest BCUT2D eigenvalue weighted by Gasteiger charge is 2.04. The molecule has 0 radical (unpaired) electrons. The first-order valence-corrected chi connectivity index (χ1v) is 5.19. The minimum atomic E-state index is -0.423. The minimum Gasteiger partial charge on any atom is -0.445 e. The molecular formula is C12H17NO3. The van der Waals surface area contributed by atoms with E-state index in [1.165, 1.54) is 0 Å². The largest absolute Gasteiger partial charge is 0.445 e. The third kappa shape index (κ3) is 4.79. The normalized spacial score (nSPS) is 11.9. The van der Waals surface area contributed by atoms with Crippen LogP contribution in [0.2, 0.25) is 0 Å². The highest BCUT2D eigenvalue weighted by atomic mass is 16.5. The number of alkyl carbamates (subject to hydrolysis) is 1. The minimum absolute atomic E-state index is 0.00993. The van der Waals surface area contributed by atoms with Crippen LogP contribution in [0.3, 0.4) is 0 Å². The summed E-state index contributed by atoms with van der Waals surface area (Å²) >= 11 is 0. The van der Waals surface area contributed by atoms with Gasteiger partial charge in [0.15, 0.2) is 0 Å². The number of amides is 1. The molecule has 4 heteroatoms. The molecule has 1 aromatic carbocycles. The van der Waals surface area contributed by atoms with Crippen molar-refractivity contribution in [1.82, 2.24) is 5.32 Å². The number of carbonyl (C=O) groups excluding carboxylic acids is 1. The Morgan fingerprint density at radius 1 is 1.38 bits per heavy atom. The summed E-state index contributed by atoms with van der Waals surface area (Å²) in [4.78, 5) is 11.2. The van der Waals surface area contributed by atoms with Crippen molar-refractivity contribution in [2.24, 2.45) is 0 Å². The zero-order valence-electron chi connectivity index (χ0n) is 9.60. The van der Waals surface area contributed by atoms with E-state index < -0.39 is 6.09 Å². The van der Waals surface area contributed by atoms with E-state index in [0.29, 0.717) is 6.54 Å². The molecule has 0 saturated heterocycles. The molecule has 0 spiro atoms. The van der Waals surface area contributed by atoms with Crippen molar-refractivity contribution in [3.05, 3.63) is 35.9 Å². The van der Waals surface area contributed by atoms with Crippen LogP contribution in [0.15, 0.2) is 30.3 Å². The highest BCUT2D eigenvalue weighted by Crippen LogP contribution is 2.00. The molecule has 0 heterocycles. The summed E-state index contributed by atoms with van der Waals surface area (Å²) in [7, 11) is 1.60. The van der Waals surface area contributed by atoms with Gasteiger partial charge in [-0.2, -0.15) is 0 Å². The molecule has 0 aliphatic heterocycles. The lowest BCUT2D eigenvalue weighted by molar-refractivity contribution is 0.104. The predicted molar refractivity (Wildman–Crippen MR) is 61.1 cm³/mol. The standard InChI is InChI=1S/C12H17NO3/c1-10(15-2)8-13-12(14)16-9-11-6-4-3-5-7-11/h3-7,10H,8-9H2,1-2H3,(H,13,14)/t10-/m0/s1. The fraction of sp³-hybridized carbons (Fsp3) is 0.417. The second-order valence-electron chi connectivity index (χ2n) is 3.49. The maximum atomic E-state index is 11.2. The maximum absolute atomic E-state index is 11.2. The van der Waals surface area contributed by atoms with Crippen molar-refractivity contribution in [3.8, 4) is 0 Å². The van der Waals surface area contributed by atoms with Crippen molar-refractivity contribution >= 4 is 6.09 Å². The molecule has 0 fully saturated rings. The van der Waals surface area contributed by atoms with Crippen LogP contribution in [0.1, 0.15) is 12.5 Å². The van der Waals surface area contributed by atoms with Crippen LogP contribution in [-0.4, -0.2) is 25.9 Å². The van der Waals surface area contributed by atoms with Gasteiger partial charge in [0.1, 0.15) is 6.61 Å². The summed E-state index contributed by atoms with van der Waals surface area (Å²) in [5, 5.41) is 2.62. The molecule has 0 unspecified atom stereocenters. The zero-order valence-corrected chi connectivity index (χ0v) is 9.60. The van der Waals surface area contributed by atoms with Crippen molar-refractivity contribution in [3.63, 3.8) is 0 Å². The Labute approximate surface area is 95.6 Å². The second-order valence-corrected chi connectivity index (χ2v) is 3.49. The van der Waals surface area contributed by atoms with Gasteiger partial charge in [-0.25, -0.2) is 4.79 Å². The van der Waals surface area contributed by atoms with Crippen LogP contribution in [0.25, 0.3) is 0 Å². The number of nitrogens with one attached hydrogen (secondary N) is 1. The number of benzene rings is 1. The number of rotatable bonds is 5. The maximum Gasteiger partial charge on any atom is 0.407 e. The Bertz CT molecular complexity index is 313. The number of ether oxygens (including phenoxy) is 2. The first kappa shape index (κ1) is 12.5. The molecule has 1 amide bonds. The van der Waals surface area contributed by atoms with E-state index in [9.17, 15) is 4.79 Å². The van der Waals surface area contributed by atoms with Crippen LogP contribution in [0.5, 0.6) is 0 Å². The highest BCUT2D eigenvalue weighted by molar-refractivity contribution is 5.67. The van der Waals surface area contributed by atoms with E-state index in [-0.39, 0.29) is 12.7 Å². The molecule has 1 N–H and O–H groups in total. The Kier molecular flexibility index (Phi) is 5.36. The summed E-state index contributed by atoms with van der Waals surface area (Å²) in [5.74, 6) is 0. The van der Waals surface area contributed by atoms with E-state index in [1.807, 2.05) is 37.3 Å². The van der Waals surface area contributed by atoms with Crippen LogP contribution >= 0.6 is 0 Å². The van der Waals surface area contributed by atoms with Gasteiger partial charge in [0.25, 0.3) is 0 Å². The van der Waals surface area contributed by atoms with Crippen LogP contribution in [0.4, 0.5) is 4.79 Å². The Morgan fingerprint density at radius 3 is 2.69 bits per heavy atom. The van der Waals surface area contributed by atoms with Gasteiger partial charge in [-0.15, -0.1) is 0 Å². The SMILES string of the molecule is CO[C@@H](C)CNC(=O)OCc1ccccc1. The van der Waals surface area contributed by atoms with E-state index >= 15 is 0 Å². The van der Waals surface area contributed by atoms with Gasteiger partial charge in [0.05, 0.1) is 6.10 Å². The molecule has 4 nitrogen and oxygen atoms in total. The number of methoxy groups -OCH3 is 1. The van der Waals surface area contributed by atoms with Crippen molar-refractivity contribution < 1.29 is 14.3 Å². The third-order valence-electron chi connectivity index (χ3n) is 2.15. The first-order chi connectivity index (χ1) is 7.72. The Morgan fingerprint density at radius 2 is 2.06 bits per heavy atom. The molecular weight excluding hydrogens is 206 g/mol. The third-order valence-corrected chi connectivity index (χ3v) is 2.15. The molecule has 16 heavy (non-hydrogen) atoms. The molecule has 1 aromatic rings. The summed E-state index contributed by atoms with van der Waals surface area (Å²) in [6.07, 6.45) is -0.433. The molecule has 0 aliphatic rings. The van der Waals surface area contributed by atoms with E-state index in [0.717, 1.165) is 5.56 Å². The fourth-order valence-electron chi connectivity index (χ4n) is 1.08. The lowest BCUT2D eigenvalue weighted by Gasteiger charge is -2.11. The average molecular weight is 223 g/mol. The zero-order chi connectivity index (χ0) is 11.8. The molecule has 0 aliphatic carbocycles. The van der Waals surface area contributed by atoms with Crippen molar-refractivity contribution in [2.45, 2.75) is 19.6 Å². The quantitative estimate of drug-likeness (QED) is 0.830. The van der Waals surface area contributed by atoms with Gasteiger partial charge in [-0.3, -0.25) is 0 Å². The van der Waals surface area contributed by atoms with Crippen molar-refractivity contribution in [2.75, 3.05) is 13.7 Å². The van der Waals surface area contributed by atoms with Gasteiger partial charge in [-0.1, -0.05) is 30.3 Å². The van der Waals surface area contributed by atoms with E-state index in [1.54, 1.807) is 7.11 Å². The lowest BCUT2D eigenvalue weighted by atomic mass is 10.2. The van der Waals surface area contributed by atoms with Gasteiger partial charge >= 0.3 is 6.09 Å². The van der Waals surface area contributed by atoms with Crippen LogP contribution in [-0.2, 0) is 16.1 Å². The van der Waals surface area contributed by atoms with Gasteiger partial charge < -0.3 is 14.8 Å². The molecule has 1 atom stereocenters. The monoisotopic (exact) mass is 223 g/mol. The van der Waals surface area contributed by atoms with Crippen LogP contribution < -0.4 is 5.32 Å². The smallest absolute Gasteiger partial charge is 0.407 e. The van der Waals surface area contributed by atoms with Gasteiger partial charge in [-0.05, 0) is 12.5 Å². The first-order valence-electron chi connectivity index (χ1n) is 5.19. The molecule has 0 aromatic heterocycles. The summed E-state index contributed by atoms with van der Waals surface area (Å²) < 4.78 is 10.0. The fourth-order valence-corrected chi connectivity index (χ4v) is 1.08. The molecule has 0 bridgehead atoms. The number of hydrogen-bond acceptors (Lipinski definition) is 3. The van der Waals surface area contributed by atoms with Crippen molar-refractivity contribution in [1.29, 1.82) is 0 Å². The topological polar surface area (TPSA) is 47.6 Å². The van der Waals surface area contributed by atoms with E-state index in [4.69, 9.17) is 9.47 Å². The lowest BCUT2D eigenvalue weighted by Crippen LogP contribution is -2.31. The number of carbonyl (C=O) groups is 1. The van der Waals surface area contributed by atoms with Gasteiger partial charge in [0.2, 0.25) is 0 Å². The summed E-state index contributed by atoms with van der Waals surface area (Å²) in [6, 6.07) is 9.55. The van der Waals surface area contributed by atoms with Gasteiger partial charge in [0, 0.05) is 13.7 Å². The average Bonchev–Trinajstić information content (AvgIpc) is 2.34. The molecule has 1 rings (SSSR count). The second kappa shape index (κ2) is 6.85. The Balaban J connectivity index is 2.20. The Hall–Kier alpha value is -1.55. The predicted octanol–water partition coefficient (Wildman–Crippen LogP) is 1.95. The van der Waals surface area contributed by atoms with E-state index in [2.05, 4.69) is 5.32 Å². The molecule has 0 saturated carbocycles. The number of hydrogen-bond donors (Lipinski definition) is 1. The van der Waals surface area contributed by atoms with Crippen LogP contribution in [0, 0.1) is 0 Å². The summed E-state index contributed by atoms with van der Waals surface area (Å²) in [5.41, 5.74) is 0.970.